The monoisotopic (exact) mass is 656 g/mol. The van der Waals surface area contributed by atoms with Crippen LogP contribution in [0.25, 0.3) is 5.69 Å². The van der Waals surface area contributed by atoms with Crippen LogP contribution in [0.2, 0.25) is 0 Å². The molecule has 188 valence electrons. The largest absolute Gasteiger partial charge is 1.00 e. The maximum atomic E-state index is 13.7. The number of halogens is 2. The minimum atomic E-state index is -0.385. The molecule has 0 aliphatic rings. The number of ketones is 1. The van der Waals surface area contributed by atoms with Gasteiger partial charge < -0.3 is 21.7 Å². The Bertz CT molecular complexity index is 1430. The number of benzene rings is 2. The van der Waals surface area contributed by atoms with Crippen LogP contribution in [0.3, 0.4) is 0 Å². The summed E-state index contributed by atoms with van der Waals surface area (Å²) < 4.78 is 8.96. The van der Waals surface area contributed by atoms with Gasteiger partial charge in [0.1, 0.15) is 4.21 Å². The highest BCUT2D eigenvalue weighted by Crippen LogP contribution is 2.40. The zero-order valence-corrected chi connectivity index (χ0v) is 24.6. The number of hydrogen-bond acceptors (Lipinski definition) is 6. The molecule has 9 heteroatoms. The van der Waals surface area contributed by atoms with Crippen molar-refractivity contribution in [3.63, 3.8) is 0 Å². The highest BCUT2D eigenvalue weighted by molar-refractivity contribution is 9.10. The van der Waals surface area contributed by atoms with E-state index >= 15 is 0 Å². The number of rotatable bonds is 9. The van der Waals surface area contributed by atoms with Gasteiger partial charge in [0.2, 0.25) is 11.5 Å². The molecule has 0 fully saturated rings. The van der Waals surface area contributed by atoms with Gasteiger partial charge in [0.25, 0.3) is 0 Å². The molecule has 4 rings (SSSR count). The smallest absolute Gasteiger partial charge is 0.310 e. The number of carbonyl (C=O) groups excluding carboxylic acids is 2. The van der Waals surface area contributed by atoms with Crippen molar-refractivity contribution in [3.8, 4) is 11.8 Å². The number of nitriles is 1. The van der Waals surface area contributed by atoms with Crippen molar-refractivity contribution in [1.82, 2.24) is 0 Å². The first-order chi connectivity index (χ1) is 17.5. The SMILES string of the molecule is CCOC(=O)Cc1c(C(=O)c2ccc(Br)cc2)sc(SCc2ccccc2C#N)c1-[n+]1ccccc1.[Br-]. The van der Waals surface area contributed by atoms with Crippen molar-refractivity contribution in [2.75, 3.05) is 6.61 Å². The van der Waals surface area contributed by atoms with Gasteiger partial charge in [0, 0.05) is 27.9 Å². The summed E-state index contributed by atoms with van der Waals surface area (Å²) in [6.45, 7) is 2.03. The molecule has 0 spiro atoms. The molecule has 0 radical (unpaired) electrons. The number of pyridine rings is 1. The molecule has 0 amide bonds. The molecule has 0 unspecified atom stereocenters. The Labute approximate surface area is 243 Å². The van der Waals surface area contributed by atoms with Gasteiger partial charge in [-0.05, 0) is 42.8 Å². The summed E-state index contributed by atoms with van der Waals surface area (Å²) in [5.41, 5.74) is 3.50. The summed E-state index contributed by atoms with van der Waals surface area (Å²) in [6.07, 6.45) is 3.78. The molecule has 5 nitrogen and oxygen atoms in total. The zero-order chi connectivity index (χ0) is 25.5. The second-order valence-electron chi connectivity index (χ2n) is 7.70. The van der Waals surface area contributed by atoms with Gasteiger partial charge in [0.15, 0.2) is 12.4 Å². The van der Waals surface area contributed by atoms with Crippen molar-refractivity contribution in [2.24, 2.45) is 0 Å². The lowest BCUT2D eigenvalue weighted by atomic mass is 10.0. The van der Waals surface area contributed by atoms with E-state index in [1.54, 1.807) is 36.9 Å². The predicted octanol–water partition coefficient (Wildman–Crippen LogP) is 3.29. The third-order valence-corrected chi connectivity index (χ3v) is 8.42. The second kappa shape index (κ2) is 13.7. The number of esters is 1. The molecule has 37 heavy (non-hydrogen) atoms. The summed E-state index contributed by atoms with van der Waals surface area (Å²) in [6, 6.07) is 22.6. The Balaban J connectivity index is 0.00000380. The maximum absolute atomic E-state index is 13.7. The van der Waals surface area contributed by atoms with Crippen LogP contribution < -0.4 is 21.5 Å². The summed E-state index contributed by atoms with van der Waals surface area (Å²) in [5.74, 6) is 0.0215. The molecule has 2 aromatic heterocycles. The van der Waals surface area contributed by atoms with Gasteiger partial charge in [0.05, 0.1) is 35.1 Å². The standard InChI is InChI=1S/C28H22BrN2O3S2.BrH/c1-2-34-24(32)16-23-25(31-14-6-3-7-15-31)28(35-18-21-9-5-4-8-20(21)17-30)36-27(23)26(33)19-10-12-22(29)13-11-19;/h3-15H,2,16,18H2,1H3;1H/q+1;/p-1. The molecule has 0 atom stereocenters. The lowest BCUT2D eigenvalue weighted by molar-refractivity contribution is -0.598. The molecule has 0 N–H and O–H groups in total. The molecule has 4 aromatic rings. The van der Waals surface area contributed by atoms with Gasteiger partial charge in [-0.1, -0.05) is 40.2 Å². The summed E-state index contributed by atoms with van der Waals surface area (Å²) >= 11 is 6.34. The first-order valence-corrected chi connectivity index (χ1v) is 13.8. The summed E-state index contributed by atoms with van der Waals surface area (Å²) in [7, 11) is 0. The minimum Gasteiger partial charge on any atom is -1.00 e. The normalized spacial score (nSPS) is 10.3. The van der Waals surface area contributed by atoms with E-state index in [-0.39, 0.29) is 41.8 Å². The molecule has 0 saturated heterocycles. The van der Waals surface area contributed by atoms with Crippen molar-refractivity contribution in [3.05, 3.63) is 111 Å². The fourth-order valence-corrected chi connectivity index (χ4v) is 6.52. The third kappa shape index (κ3) is 6.96. The molecule has 0 aliphatic carbocycles. The highest BCUT2D eigenvalue weighted by Gasteiger charge is 2.31. The van der Waals surface area contributed by atoms with E-state index in [1.165, 1.54) is 11.3 Å². The van der Waals surface area contributed by atoms with Crippen LogP contribution in [0.15, 0.2) is 87.8 Å². The Kier molecular flexibility index (Phi) is 10.6. The van der Waals surface area contributed by atoms with Gasteiger partial charge >= 0.3 is 5.97 Å². The van der Waals surface area contributed by atoms with E-state index in [1.807, 2.05) is 65.5 Å². The minimum absolute atomic E-state index is 0. The van der Waals surface area contributed by atoms with Crippen molar-refractivity contribution in [2.45, 2.75) is 23.3 Å². The average Bonchev–Trinajstić information content (AvgIpc) is 3.26. The van der Waals surface area contributed by atoms with Crippen molar-refractivity contribution < 1.29 is 35.9 Å². The van der Waals surface area contributed by atoms with E-state index in [0.29, 0.717) is 27.3 Å². The molecular weight excluding hydrogens is 636 g/mol. The lowest BCUT2D eigenvalue weighted by Gasteiger charge is -2.06. The van der Waals surface area contributed by atoms with E-state index < -0.39 is 0 Å². The Morgan fingerprint density at radius 2 is 1.76 bits per heavy atom. The van der Waals surface area contributed by atoms with Gasteiger partial charge in [-0.2, -0.15) is 9.83 Å². The number of nitrogens with zero attached hydrogens (tertiary/aromatic N) is 2. The van der Waals surface area contributed by atoms with Gasteiger partial charge in [-0.25, -0.2) is 0 Å². The van der Waals surface area contributed by atoms with Crippen LogP contribution in [-0.2, 0) is 21.7 Å². The highest BCUT2D eigenvalue weighted by atomic mass is 79.9. The lowest BCUT2D eigenvalue weighted by Crippen LogP contribution is -3.00. The Morgan fingerprint density at radius 3 is 2.43 bits per heavy atom. The zero-order valence-electron chi connectivity index (χ0n) is 19.8. The maximum Gasteiger partial charge on any atom is 0.310 e. The van der Waals surface area contributed by atoms with Crippen LogP contribution in [0, 0.1) is 11.3 Å². The van der Waals surface area contributed by atoms with Crippen LogP contribution in [0.1, 0.15) is 38.8 Å². The molecule has 2 aromatic carbocycles. The average molecular weight is 658 g/mol. The van der Waals surface area contributed by atoms with Gasteiger partial charge in [-0.3, -0.25) is 9.59 Å². The topological polar surface area (TPSA) is 71.0 Å². The fraction of sp³-hybridized carbons (Fsp3) is 0.143. The number of aromatic nitrogens is 1. The molecular formula is C28H22Br2N2O3S2. The van der Waals surface area contributed by atoms with E-state index in [2.05, 4.69) is 22.0 Å². The van der Waals surface area contributed by atoms with E-state index in [0.717, 1.165) is 19.9 Å². The number of carbonyl (C=O) groups is 2. The second-order valence-corrected chi connectivity index (χ2v) is 10.9. The molecule has 0 saturated carbocycles. The Morgan fingerprint density at radius 1 is 1.05 bits per heavy atom. The van der Waals surface area contributed by atoms with Gasteiger partial charge in [-0.15, -0.1) is 23.1 Å². The number of thiophene rings is 1. The van der Waals surface area contributed by atoms with Crippen LogP contribution in [-0.4, -0.2) is 18.4 Å². The van der Waals surface area contributed by atoms with E-state index in [9.17, 15) is 14.9 Å². The fourth-order valence-electron chi connectivity index (χ4n) is 3.67. The summed E-state index contributed by atoms with van der Waals surface area (Å²) in [4.78, 5) is 26.8. The first-order valence-electron chi connectivity index (χ1n) is 11.2. The number of ether oxygens (including phenoxy) is 1. The predicted molar refractivity (Wildman–Crippen MR) is 144 cm³/mol. The van der Waals surface area contributed by atoms with Crippen molar-refractivity contribution >= 4 is 50.8 Å². The van der Waals surface area contributed by atoms with Crippen molar-refractivity contribution in [1.29, 1.82) is 5.26 Å². The van der Waals surface area contributed by atoms with Crippen LogP contribution in [0.5, 0.6) is 0 Å². The van der Waals surface area contributed by atoms with Crippen LogP contribution >= 0.6 is 39.0 Å². The molecule has 0 aliphatic heterocycles. The Hall–Kier alpha value is -2.77. The molecule has 0 bridgehead atoms. The van der Waals surface area contributed by atoms with E-state index in [4.69, 9.17) is 4.74 Å². The quantitative estimate of drug-likeness (QED) is 0.120. The number of thioether (sulfide) groups is 1. The summed E-state index contributed by atoms with van der Waals surface area (Å²) in [5, 5.41) is 9.50. The number of hydrogen-bond donors (Lipinski definition) is 0. The van der Waals surface area contributed by atoms with Crippen LogP contribution in [0.4, 0.5) is 0 Å². The first kappa shape index (κ1) is 28.8. The molecule has 2 heterocycles. The third-order valence-electron chi connectivity index (χ3n) is 5.36.